The van der Waals surface area contributed by atoms with E-state index in [1.54, 1.807) is 77.6 Å². The van der Waals surface area contributed by atoms with Gasteiger partial charge in [-0.25, -0.2) is 4.98 Å². The molecule has 0 aliphatic carbocycles. The molecule has 13 atom stereocenters. The Balaban J connectivity index is 3.10. The number of hydrogen-bond donors (Lipinski definition) is 5. The number of likely N-dealkylation sites (N-methyl/N-ethyl adjacent to an activating group) is 7. The number of carbonyl (C=O) groups excluding carboxylic acids is 11. The first-order chi connectivity index (χ1) is 43.2. The number of hydrogen-bond acceptors (Lipinski definition) is 14. The van der Waals surface area contributed by atoms with Crippen LogP contribution in [0, 0.1) is 41.4 Å². The Morgan fingerprint density at radius 3 is 1.42 bits per heavy atom. The first kappa shape index (κ1) is 82.1. The molecule has 1 saturated heterocycles. The van der Waals surface area contributed by atoms with Crippen molar-refractivity contribution in [2.75, 3.05) is 55.9 Å². The van der Waals surface area contributed by atoms with Gasteiger partial charge in [0.05, 0.1) is 19.0 Å². The van der Waals surface area contributed by atoms with Crippen LogP contribution >= 0.6 is 0 Å². The zero-order valence-corrected chi connectivity index (χ0v) is 60.4. The number of aliphatic hydroxyl groups is 1. The Morgan fingerprint density at radius 2 is 0.957 bits per heavy atom. The Morgan fingerprint density at radius 1 is 0.505 bits per heavy atom. The van der Waals surface area contributed by atoms with Crippen molar-refractivity contribution in [2.45, 2.75) is 236 Å². The number of allylic oxidation sites excluding steroid dienone is 2. The number of amides is 11. The van der Waals surface area contributed by atoms with E-state index in [-0.39, 0.29) is 75.3 Å². The van der Waals surface area contributed by atoms with Crippen molar-refractivity contribution < 1.29 is 62.6 Å². The Bertz CT molecular complexity index is 2680. The molecule has 0 saturated carbocycles. The molecule has 0 spiro atoms. The van der Waals surface area contributed by atoms with Gasteiger partial charge in [-0.05, 0) is 101 Å². The van der Waals surface area contributed by atoms with Gasteiger partial charge in [0.15, 0.2) is 0 Å². The predicted octanol–water partition coefficient (Wildman–Crippen LogP) is 3.51. The molecule has 2 heterocycles. The minimum atomic E-state index is -1.72. The van der Waals surface area contributed by atoms with Crippen molar-refractivity contribution >= 4 is 65.0 Å². The molecule has 1 aliphatic rings. The lowest BCUT2D eigenvalue weighted by Crippen LogP contribution is -2.64. The van der Waals surface area contributed by atoms with Gasteiger partial charge in [-0.1, -0.05) is 109 Å². The molecule has 26 heteroatoms. The SMILES string of the molecule is C/C=C/C[C@@H](C)[C@@H](O)[C@H]1C(=O)N[C@@H](CC)C(=O)N(C)[C@H](OCCn2ccnc2)C(=O)N(C)[C@@H](CC(C)C)C(=O)N[C@@H](C(C)C)C(=O)N(C)[C@@H](CC(C)C)C(=O)N[C@@H](C)C(=O)N[C@H](C)C(=O)N(C)[C@@H](CC(C)C)C(=O)N(C)[C@@H](CC(C)C)C(=O)N(C)[C@@H](C(C)C)C(=O)N1C. The first-order valence-corrected chi connectivity index (χ1v) is 33.1. The molecule has 1 fully saturated rings. The van der Waals surface area contributed by atoms with Crippen LogP contribution in [0.2, 0.25) is 0 Å². The molecule has 1 aliphatic heterocycles. The maximum Gasteiger partial charge on any atom is 0.273 e. The molecule has 0 aromatic carbocycles. The molecule has 11 amide bonds. The highest BCUT2D eigenvalue weighted by atomic mass is 16.5. The first-order valence-electron chi connectivity index (χ1n) is 33.1. The predicted molar refractivity (Wildman–Crippen MR) is 356 cm³/mol. The summed E-state index contributed by atoms with van der Waals surface area (Å²) in [5.74, 6) is -10.5. The van der Waals surface area contributed by atoms with Crippen LogP contribution in [0.5, 0.6) is 0 Å². The third-order valence-corrected chi connectivity index (χ3v) is 17.4. The monoisotopic (exact) mass is 1310 g/mol. The Kier molecular flexibility index (Phi) is 33.4. The summed E-state index contributed by atoms with van der Waals surface area (Å²) in [5, 5.41) is 23.3. The molecule has 1 aromatic heterocycles. The summed E-state index contributed by atoms with van der Waals surface area (Å²) in [4.78, 5) is 176. The molecule has 26 nitrogen and oxygen atoms in total. The lowest BCUT2D eigenvalue weighted by Gasteiger charge is -2.41. The number of rotatable bonds is 19. The van der Waals surface area contributed by atoms with Crippen LogP contribution in [-0.4, -0.2) is 243 Å². The zero-order valence-electron chi connectivity index (χ0n) is 60.4. The van der Waals surface area contributed by atoms with E-state index in [9.17, 15) is 29.1 Å². The molecule has 5 N–H and O–H groups in total. The largest absolute Gasteiger partial charge is 0.390 e. The van der Waals surface area contributed by atoms with Gasteiger partial charge in [-0.3, -0.25) is 52.7 Å². The lowest BCUT2D eigenvalue weighted by molar-refractivity contribution is -0.168. The van der Waals surface area contributed by atoms with Crippen molar-refractivity contribution in [1.29, 1.82) is 0 Å². The summed E-state index contributed by atoms with van der Waals surface area (Å²) in [5.41, 5.74) is 0. The molecular weight excluding hydrogens is 1190 g/mol. The van der Waals surface area contributed by atoms with E-state index in [1.807, 2.05) is 55.4 Å². The molecule has 0 radical (unpaired) electrons. The van der Waals surface area contributed by atoms with E-state index in [2.05, 4.69) is 26.3 Å². The second-order valence-electron chi connectivity index (χ2n) is 27.8. The van der Waals surface area contributed by atoms with Crippen molar-refractivity contribution in [1.82, 2.24) is 65.1 Å². The maximum atomic E-state index is 15.3. The van der Waals surface area contributed by atoms with Crippen LogP contribution in [0.25, 0.3) is 0 Å². The minimum Gasteiger partial charge on any atom is -0.390 e. The van der Waals surface area contributed by atoms with Gasteiger partial charge in [-0.15, -0.1) is 0 Å². The molecular formula is C67H117N13O13. The third kappa shape index (κ3) is 22.9. The number of imidazole rings is 1. The van der Waals surface area contributed by atoms with E-state index in [0.29, 0.717) is 0 Å². The minimum absolute atomic E-state index is 0.0587. The number of nitrogens with one attached hydrogen (secondary N) is 4. The summed E-state index contributed by atoms with van der Waals surface area (Å²) in [6.45, 7) is 29.8. The summed E-state index contributed by atoms with van der Waals surface area (Å²) in [6.07, 6.45) is 5.78. The summed E-state index contributed by atoms with van der Waals surface area (Å²) >= 11 is 0. The van der Waals surface area contributed by atoms with Crippen LogP contribution < -0.4 is 21.3 Å². The van der Waals surface area contributed by atoms with Gasteiger partial charge in [0.2, 0.25) is 65.3 Å². The lowest BCUT2D eigenvalue weighted by atomic mass is 9.91. The number of aromatic nitrogens is 2. The summed E-state index contributed by atoms with van der Waals surface area (Å²) < 4.78 is 7.98. The number of aliphatic hydroxyl groups excluding tert-OH is 1. The normalized spacial score (nSPS) is 26.4. The number of ether oxygens (including phenoxy) is 1. The second-order valence-corrected chi connectivity index (χ2v) is 27.8. The van der Waals surface area contributed by atoms with Crippen LogP contribution in [0.15, 0.2) is 30.9 Å². The van der Waals surface area contributed by atoms with E-state index in [1.165, 1.54) is 89.1 Å². The molecule has 2 rings (SSSR count). The Hall–Kier alpha value is -6.96. The van der Waals surface area contributed by atoms with Crippen LogP contribution in [0.1, 0.15) is 156 Å². The zero-order chi connectivity index (χ0) is 71.4. The molecule has 528 valence electrons. The molecule has 93 heavy (non-hydrogen) atoms. The molecule has 0 unspecified atom stereocenters. The fraction of sp³-hybridized carbons (Fsp3) is 0.761. The summed E-state index contributed by atoms with van der Waals surface area (Å²) in [7, 11) is 9.80. The Labute approximate surface area is 554 Å². The van der Waals surface area contributed by atoms with Gasteiger partial charge in [0.1, 0.15) is 60.4 Å². The van der Waals surface area contributed by atoms with Gasteiger partial charge in [0, 0.05) is 68.3 Å². The topological polar surface area (TPSA) is 306 Å². The fourth-order valence-electron chi connectivity index (χ4n) is 11.6. The third-order valence-electron chi connectivity index (χ3n) is 17.4. The second kappa shape index (κ2) is 37.8. The highest BCUT2D eigenvalue weighted by Crippen LogP contribution is 2.26. The van der Waals surface area contributed by atoms with E-state index < -0.39 is 155 Å². The van der Waals surface area contributed by atoms with Crippen LogP contribution in [0.3, 0.4) is 0 Å². The molecule has 0 bridgehead atoms. The van der Waals surface area contributed by atoms with Gasteiger partial charge in [-0.2, -0.15) is 0 Å². The van der Waals surface area contributed by atoms with Crippen LogP contribution in [0.4, 0.5) is 0 Å². The van der Waals surface area contributed by atoms with Gasteiger partial charge >= 0.3 is 0 Å². The summed E-state index contributed by atoms with van der Waals surface area (Å²) in [6, 6.07) is -12.9. The highest BCUT2D eigenvalue weighted by Gasteiger charge is 2.46. The van der Waals surface area contributed by atoms with Crippen molar-refractivity contribution in [3.63, 3.8) is 0 Å². The van der Waals surface area contributed by atoms with Crippen LogP contribution in [-0.2, 0) is 64.0 Å². The maximum absolute atomic E-state index is 15.3. The number of carbonyl (C=O) groups is 11. The van der Waals surface area contributed by atoms with Crippen molar-refractivity contribution in [3.05, 3.63) is 30.9 Å². The smallest absolute Gasteiger partial charge is 0.273 e. The average molecular weight is 1310 g/mol. The van der Waals surface area contributed by atoms with Crippen molar-refractivity contribution in [3.8, 4) is 0 Å². The van der Waals surface area contributed by atoms with E-state index in [4.69, 9.17) is 4.74 Å². The number of nitrogens with zero attached hydrogens (tertiary/aromatic N) is 9. The standard InChI is InChI=1S/C67H117N13O13/c1-25-27-28-44(15)55(81)54-59(85)71-47(26-2)61(87)79(24)67(93-32-31-80-30-29-68-37-80)66(92)74(19)49(34-39(5)6)58(84)72-52(42(11)12)64(90)73(18)48(33-38(3)4)57(83)69-45(16)56(82)70-46(17)60(86)75(20)50(35-40(7)8)62(88)76(21)51(36-41(9)10)63(89)77(22)53(43(13)14)65(91)78(54)23/h25,27,29-30,37-55,67,81H,26,28,31-36H2,1-24H3,(H,69,83)(H,70,82)(H,71,85)(H,72,84)/b27-25+/t44-,45+,46-,47+,48+,49+,50+,51+,52+,53+,54+,55-,67-/m1/s1. The average Bonchev–Trinajstić information content (AvgIpc) is 1.18. The van der Waals surface area contributed by atoms with Crippen molar-refractivity contribution in [2.24, 2.45) is 41.4 Å². The highest BCUT2D eigenvalue weighted by molar-refractivity contribution is 6.00. The van der Waals surface area contributed by atoms with E-state index in [0.717, 1.165) is 14.7 Å². The quantitative estimate of drug-likeness (QED) is 0.124. The fourth-order valence-corrected chi connectivity index (χ4v) is 11.6. The van der Waals surface area contributed by atoms with E-state index >= 15 is 28.8 Å². The van der Waals surface area contributed by atoms with Gasteiger partial charge in [0.25, 0.3) is 5.91 Å². The molecule has 1 aromatic rings. The van der Waals surface area contributed by atoms with Gasteiger partial charge < -0.3 is 70.0 Å².